The van der Waals surface area contributed by atoms with Gasteiger partial charge in [-0.15, -0.1) is 0 Å². The molecular formula is C11H19N5S. The van der Waals surface area contributed by atoms with Gasteiger partial charge in [-0.05, 0) is 32.4 Å². The van der Waals surface area contributed by atoms with Crippen molar-refractivity contribution in [1.82, 2.24) is 15.0 Å². The molecule has 2 heterocycles. The standard InChI is InChI=1S/C11H19N5S/c1-3-12-9-13-10(15-11(14-9)17-2)16-7-5-4-6-8-16/h3-8H2,1-2H3,(H,12,13,14,15). The lowest BCUT2D eigenvalue weighted by Gasteiger charge is -2.26. The highest BCUT2D eigenvalue weighted by molar-refractivity contribution is 7.98. The molecule has 0 spiro atoms. The first-order valence-corrected chi connectivity index (χ1v) is 7.35. The van der Waals surface area contributed by atoms with Gasteiger partial charge in [0.25, 0.3) is 0 Å². The summed E-state index contributed by atoms with van der Waals surface area (Å²) in [5.74, 6) is 1.51. The zero-order chi connectivity index (χ0) is 12.1. The third kappa shape index (κ3) is 3.21. The van der Waals surface area contributed by atoms with Crippen molar-refractivity contribution in [2.45, 2.75) is 31.3 Å². The highest BCUT2D eigenvalue weighted by Gasteiger charge is 2.15. The van der Waals surface area contributed by atoms with E-state index in [9.17, 15) is 0 Å². The monoisotopic (exact) mass is 253 g/mol. The number of aromatic nitrogens is 3. The van der Waals surface area contributed by atoms with Crippen LogP contribution in [0.4, 0.5) is 11.9 Å². The van der Waals surface area contributed by atoms with Gasteiger partial charge in [0, 0.05) is 19.6 Å². The zero-order valence-electron chi connectivity index (χ0n) is 10.4. The number of nitrogens with zero attached hydrogens (tertiary/aromatic N) is 4. The van der Waals surface area contributed by atoms with Crippen LogP contribution in [0, 0.1) is 0 Å². The van der Waals surface area contributed by atoms with E-state index in [1.54, 1.807) is 11.8 Å². The maximum absolute atomic E-state index is 4.48. The molecule has 0 bridgehead atoms. The van der Waals surface area contributed by atoms with Gasteiger partial charge in [0.05, 0.1) is 0 Å². The summed E-state index contributed by atoms with van der Waals surface area (Å²) in [6.45, 7) is 4.99. The summed E-state index contributed by atoms with van der Waals surface area (Å²) in [6.07, 6.45) is 5.77. The van der Waals surface area contributed by atoms with Crippen molar-refractivity contribution >= 4 is 23.7 Å². The van der Waals surface area contributed by atoms with Crippen LogP contribution in [0.15, 0.2) is 5.16 Å². The lowest BCUT2D eigenvalue weighted by atomic mass is 10.1. The topological polar surface area (TPSA) is 53.9 Å². The number of rotatable bonds is 4. The van der Waals surface area contributed by atoms with E-state index in [0.29, 0.717) is 5.95 Å². The fourth-order valence-electron chi connectivity index (χ4n) is 1.91. The Kier molecular flexibility index (Phi) is 4.42. The second-order valence-corrected chi connectivity index (χ2v) is 4.80. The third-order valence-electron chi connectivity index (χ3n) is 2.76. The Morgan fingerprint density at radius 2 is 1.94 bits per heavy atom. The predicted molar refractivity (Wildman–Crippen MR) is 71.8 cm³/mol. The van der Waals surface area contributed by atoms with Crippen molar-refractivity contribution in [3.63, 3.8) is 0 Å². The van der Waals surface area contributed by atoms with Crippen LogP contribution in [0.3, 0.4) is 0 Å². The molecule has 5 nitrogen and oxygen atoms in total. The van der Waals surface area contributed by atoms with Gasteiger partial charge >= 0.3 is 0 Å². The quantitative estimate of drug-likeness (QED) is 0.829. The maximum atomic E-state index is 4.48. The molecule has 1 aromatic rings. The molecule has 0 unspecified atom stereocenters. The van der Waals surface area contributed by atoms with E-state index in [4.69, 9.17) is 0 Å². The summed E-state index contributed by atoms with van der Waals surface area (Å²) in [5, 5.41) is 3.95. The summed E-state index contributed by atoms with van der Waals surface area (Å²) in [7, 11) is 0. The number of hydrogen-bond acceptors (Lipinski definition) is 6. The van der Waals surface area contributed by atoms with Crippen LogP contribution in [0.25, 0.3) is 0 Å². The first kappa shape index (κ1) is 12.4. The third-order valence-corrected chi connectivity index (χ3v) is 3.31. The second kappa shape index (κ2) is 6.05. The molecule has 1 aromatic heterocycles. The minimum absolute atomic E-state index is 0.687. The van der Waals surface area contributed by atoms with Crippen molar-refractivity contribution in [2.24, 2.45) is 0 Å². The van der Waals surface area contributed by atoms with E-state index in [-0.39, 0.29) is 0 Å². The summed E-state index contributed by atoms with van der Waals surface area (Å²) < 4.78 is 0. The molecule has 0 amide bonds. The van der Waals surface area contributed by atoms with Crippen molar-refractivity contribution < 1.29 is 0 Å². The Labute approximate surface area is 106 Å². The summed E-state index contributed by atoms with van der Waals surface area (Å²) in [6, 6.07) is 0. The maximum Gasteiger partial charge on any atom is 0.231 e. The number of anilines is 2. The van der Waals surface area contributed by atoms with Gasteiger partial charge in [0.1, 0.15) is 0 Å². The summed E-state index contributed by atoms with van der Waals surface area (Å²) in [5.41, 5.74) is 0. The van der Waals surface area contributed by atoms with Crippen molar-refractivity contribution in [2.75, 3.05) is 36.1 Å². The average Bonchev–Trinajstić information content (AvgIpc) is 2.40. The van der Waals surface area contributed by atoms with Crippen molar-refractivity contribution in [1.29, 1.82) is 0 Å². The molecule has 1 saturated heterocycles. The molecule has 0 atom stereocenters. The van der Waals surface area contributed by atoms with Gasteiger partial charge in [0.2, 0.25) is 11.9 Å². The number of hydrogen-bond donors (Lipinski definition) is 1. The van der Waals surface area contributed by atoms with Crippen molar-refractivity contribution in [3.8, 4) is 0 Å². The van der Waals surface area contributed by atoms with E-state index < -0.39 is 0 Å². The Morgan fingerprint density at radius 1 is 1.18 bits per heavy atom. The first-order chi connectivity index (χ1) is 8.33. The Morgan fingerprint density at radius 3 is 2.59 bits per heavy atom. The van der Waals surface area contributed by atoms with Gasteiger partial charge in [-0.25, -0.2) is 0 Å². The van der Waals surface area contributed by atoms with Crippen LogP contribution in [-0.2, 0) is 0 Å². The molecular weight excluding hydrogens is 234 g/mol. The lowest BCUT2D eigenvalue weighted by molar-refractivity contribution is 0.565. The minimum atomic E-state index is 0.687. The Hall–Kier alpha value is -1.04. The molecule has 6 heteroatoms. The molecule has 17 heavy (non-hydrogen) atoms. The predicted octanol–water partition coefficient (Wildman–Crippen LogP) is 2.02. The highest BCUT2D eigenvalue weighted by Crippen LogP contribution is 2.19. The Balaban J connectivity index is 2.21. The molecule has 1 fully saturated rings. The van der Waals surface area contributed by atoms with E-state index in [2.05, 4.69) is 25.2 Å². The van der Waals surface area contributed by atoms with Gasteiger partial charge in [-0.3, -0.25) is 0 Å². The fourth-order valence-corrected chi connectivity index (χ4v) is 2.26. The normalized spacial score (nSPS) is 16.0. The zero-order valence-corrected chi connectivity index (χ0v) is 11.3. The molecule has 94 valence electrons. The van der Waals surface area contributed by atoms with Gasteiger partial charge in [-0.1, -0.05) is 11.8 Å². The SMILES string of the molecule is CCNc1nc(SC)nc(N2CCCCC2)n1. The molecule has 1 N–H and O–H groups in total. The van der Waals surface area contributed by atoms with Crippen LogP contribution in [0.1, 0.15) is 26.2 Å². The lowest BCUT2D eigenvalue weighted by Crippen LogP contribution is -2.31. The van der Waals surface area contributed by atoms with Crippen molar-refractivity contribution in [3.05, 3.63) is 0 Å². The van der Waals surface area contributed by atoms with Crippen LogP contribution < -0.4 is 10.2 Å². The summed E-state index contributed by atoms with van der Waals surface area (Å²) in [4.78, 5) is 15.6. The Bertz CT molecular complexity index is 365. The van der Waals surface area contributed by atoms with E-state index in [1.807, 2.05) is 13.2 Å². The summed E-state index contributed by atoms with van der Waals surface area (Å²) >= 11 is 1.56. The van der Waals surface area contributed by atoms with E-state index in [1.165, 1.54) is 19.3 Å². The molecule has 2 rings (SSSR count). The van der Waals surface area contributed by atoms with E-state index in [0.717, 1.165) is 30.7 Å². The first-order valence-electron chi connectivity index (χ1n) is 6.12. The second-order valence-electron chi connectivity index (χ2n) is 4.02. The molecule has 1 aliphatic heterocycles. The largest absolute Gasteiger partial charge is 0.354 e. The number of nitrogens with one attached hydrogen (secondary N) is 1. The number of thioether (sulfide) groups is 1. The fraction of sp³-hybridized carbons (Fsp3) is 0.727. The molecule has 0 saturated carbocycles. The molecule has 0 aromatic carbocycles. The molecule has 1 aliphatic rings. The molecule has 0 radical (unpaired) electrons. The van der Waals surface area contributed by atoms with Crippen LogP contribution >= 0.6 is 11.8 Å². The smallest absolute Gasteiger partial charge is 0.231 e. The van der Waals surface area contributed by atoms with E-state index >= 15 is 0 Å². The van der Waals surface area contributed by atoms with Gasteiger partial charge in [0.15, 0.2) is 5.16 Å². The van der Waals surface area contributed by atoms with Crippen LogP contribution in [0.2, 0.25) is 0 Å². The number of piperidine rings is 1. The molecule has 0 aliphatic carbocycles. The minimum Gasteiger partial charge on any atom is -0.354 e. The van der Waals surface area contributed by atoms with Gasteiger partial charge in [-0.2, -0.15) is 15.0 Å². The van der Waals surface area contributed by atoms with Crippen LogP contribution in [0.5, 0.6) is 0 Å². The van der Waals surface area contributed by atoms with Crippen LogP contribution in [-0.4, -0.2) is 40.8 Å². The van der Waals surface area contributed by atoms with Gasteiger partial charge < -0.3 is 10.2 Å². The average molecular weight is 253 g/mol. The highest BCUT2D eigenvalue weighted by atomic mass is 32.2.